The van der Waals surface area contributed by atoms with Crippen molar-refractivity contribution in [2.75, 3.05) is 37.4 Å². The minimum Gasteiger partial charge on any atom is -0.459 e. The smallest absolute Gasteiger partial charge is 0.418 e. The zero-order valence-corrected chi connectivity index (χ0v) is 15.8. The van der Waals surface area contributed by atoms with Crippen molar-refractivity contribution >= 4 is 29.2 Å². The van der Waals surface area contributed by atoms with Gasteiger partial charge < -0.3 is 25.1 Å². The minimum absolute atomic E-state index is 0.0637. The summed E-state index contributed by atoms with van der Waals surface area (Å²) < 4.78 is 49.8. The molecule has 0 saturated heterocycles. The van der Waals surface area contributed by atoms with Crippen LogP contribution in [0.15, 0.2) is 41.0 Å². The normalized spacial score (nSPS) is 10.9. The molecular weight excluding hydrogens is 409 g/mol. The highest BCUT2D eigenvalue weighted by Crippen LogP contribution is 2.36. The molecule has 0 saturated carbocycles. The number of halogens is 3. The molecule has 0 atom stereocenters. The number of hydrogen-bond donors (Lipinski definition) is 4. The van der Waals surface area contributed by atoms with Crippen LogP contribution >= 0.6 is 0 Å². The number of carbonyl (C=O) groups excluding carboxylic acids is 3. The van der Waals surface area contributed by atoms with Crippen LogP contribution in [-0.2, 0) is 15.7 Å². The molecule has 2 aromatic rings. The summed E-state index contributed by atoms with van der Waals surface area (Å²) >= 11 is 0. The van der Waals surface area contributed by atoms with Gasteiger partial charge in [-0.15, -0.1) is 0 Å². The van der Waals surface area contributed by atoms with Crippen LogP contribution in [0.2, 0.25) is 0 Å². The lowest BCUT2D eigenvalue weighted by Crippen LogP contribution is -2.43. The number of ether oxygens (including phenoxy) is 1. The van der Waals surface area contributed by atoms with Gasteiger partial charge in [-0.25, -0.2) is 4.79 Å². The van der Waals surface area contributed by atoms with Crippen molar-refractivity contribution in [2.45, 2.75) is 6.18 Å². The van der Waals surface area contributed by atoms with Crippen LogP contribution in [0.4, 0.5) is 29.3 Å². The first-order valence-corrected chi connectivity index (χ1v) is 8.57. The zero-order valence-electron chi connectivity index (χ0n) is 15.8. The third kappa shape index (κ3) is 6.81. The number of amides is 4. The number of rotatable bonds is 8. The van der Waals surface area contributed by atoms with Crippen molar-refractivity contribution in [3.8, 4) is 0 Å². The standard InChI is InChI=1S/C18H19F3N4O5/c1-29-8-6-22-17(28)25-15(26)10-23-13-5-4-11(9-12(13)18(19,20)21)24-16(27)14-3-2-7-30-14/h2-5,7,9,23H,6,8,10H2,1H3,(H,24,27)(H2,22,25,26,28). The SMILES string of the molecule is COCCNC(=O)NC(=O)CNc1ccc(NC(=O)c2ccco2)cc1C(F)(F)F. The summed E-state index contributed by atoms with van der Waals surface area (Å²) in [6, 6.07) is 5.04. The highest BCUT2D eigenvalue weighted by molar-refractivity contribution is 6.02. The van der Waals surface area contributed by atoms with Gasteiger partial charge in [0.1, 0.15) is 0 Å². The third-order valence-corrected chi connectivity index (χ3v) is 3.61. The molecule has 4 amide bonds. The highest BCUT2D eigenvalue weighted by atomic mass is 19.4. The zero-order chi connectivity index (χ0) is 22.1. The Labute approximate surface area is 168 Å². The van der Waals surface area contributed by atoms with Crippen LogP contribution in [0.1, 0.15) is 16.1 Å². The maximum Gasteiger partial charge on any atom is 0.418 e. The summed E-state index contributed by atoms with van der Waals surface area (Å²) in [7, 11) is 1.43. The molecule has 0 aliphatic carbocycles. The Hall–Kier alpha value is -3.54. The maximum absolute atomic E-state index is 13.4. The summed E-state index contributed by atoms with van der Waals surface area (Å²) in [5.41, 5.74) is -1.61. The van der Waals surface area contributed by atoms with E-state index in [1.165, 1.54) is 31.6 Å². The molecule has 1 heterocycles. The van der Waals surface area contributed by atoms with E-state index < -0.39 is 41.8 Å². The molecule has 162 valence electrons. The van der Waals surface area contributed by atoms with Crippen LogP contribution in [0.25, 0.3) is 0 Å². The Balaban J connectivity index is 2.02. The molecule has 1 aromatic heterocycles. The molecule has 2 rings (SSSR count). The van der Waals surface area contributed by atoms with Gasteiger partial charge in [-0.3, -0.25) is 14.9 Å². The lowest BCUT2D eigenvalue weighted by molar-refractivity contribution is -0.137. The van der Waals surface area contributed by atoms with E-state index in [2.05, 4.69) is 16.0 Å². The lowest BCUT2D eigenvalue weighted by Gasteiger charge is -2.16. The first kappa shape index (κ1) is 22.7. The number of benzene rings is 1. The second-order valence-electron chi connectivity index (χ2n) is 5.84. The number of imide groups is 1. The topological polar surface area (TPSA) is 122 Å². The third-order valence-electron chi connectivity index (χ3n) is 3.61. The molecule has 0 radical (unpaired) electrons. The first-order chi connectivity index (χ1) is 14.2. The number of furan rings is 1. The molecule has 0 aliphatic heterocycles. The van der Waals surface area contributed by atoms with Gasteiger partial charge in [0, 0.05) is 25.0 Å². The Kier molecular flexibility index (Phi) is 7.81. The Morgan fingerprint density at radius 3 is 2.57 bits per heavy atom. The summed E-state index contributed by atoms with van der Waals surface area (Å²) in [4.78, 5) is 35.1. The van der Waals surface area contributed by atoms with Crippen LogP contribution in [0.5, 0.6) is 0 Å². The fourth-order valence-corrected chi connectivity index (χ4v) is 2.27. The number of methoxy groups -OCH3 is 1. The van der Waals surface area contributed by atoms with Gasteiger partial charge in [0.2, 0.25) is 5.91 Å². The predicted molar refractivity (Wildman–Crippen MR) is 100 cm³/mol. The Morgan fingerprint density at radius 2 is 1.93 bits per heavy atom. The maximum atomic E-state index is 13.4. The van der Waals surface area contributed by atoms with Gasteiger partial charge in [-0.1, -0.05) is 0 Å². The van der Waals surface area contributed by atoms with Gasteiger partial charge in [-0.05, 0) is 30.3 Å². The number of alkyl halides is 3. The minimum atomic E-state index is -4.76. The average Bonchev–Trinajstić information content (AvgIpc) is 3.21. The van der Waals surface area contributed by atoms with Gasteiger partial charge in [0.15, 0.2) is 5.76 Å². The summed E-state index contributed by atoms with van der Waals surface area (Å²) in [5, 5.41) is 8.93. The quantitative estimate of drug-likeness (QED) is 0.479. The largest absolute Gasteiger partial charge is 0.459 e. The van der Waals surface area contributed by atoms with Gasteiger partial charge in [-0.2, -0.15) is 13.2 Å². The van der Waals surface area contributed by atoms with E-state index in [0.717, 1.165) is 12.1 Å². The van der Waals surface area contributed by atoms with Crippen molar-refractivity contribution in [3.63, 3.8) is 0 Å². The van der Waals surface area contributed by atoms with E-state index in [1.54, 1.807) is 0 Å². The second-order valence-corrected chi connectivity index (χ2v) is 5.84. The second kappa shape index (κ2) is 10.3. The van der Waals surface area contributed by atoms with Crippen LogP contribution < -0.4 is 21.3 Å². The average molecular weight is 428 g/mol. The molecule has 0 aliphatic rings. The van der Waals surface area contributed by atoms with E-state index in [4.69, 9.17) is 9.15 Å². The molecule has 9 nitrogen and oxygen atoms in total. The van der Waals surface area contributed by atoms with Crippen LogP contribution in [-0.4, -0.2) is 44.7 Å². The van der Waals surface area contributed by atoms with Crippen molar-refractivity contribution in [3.05, 3.63) is 47.9 Å². The number of carbonyl (C=O) groups is 3. The van der Waals surface area contributed by atoms with Crippen molar-refractivity contribution in [1.82, 2.24) is 10.6 Å². The number of nitrogens with one attached hydrogen (secondary N) is 4. The van der Waals surface area contributed by atoms with Crippen molar-refractivity contribution < 1.29 is 36.7 Å². The van der Waals surface area contributed by atoms with Gasteiger partial charge in [0.25, 0.3) is 5.91 Å². The Bertz CT molecular complexity index is 884. The van der Waals surface area contributed by atoms with E-state index in [-0.39, 0.29) is 24.6 Å². The molecule has 30 heavy (non-hydrogen) atoms. The predicted octanol–water partition coefficient (Wildman–Crippen LogP) is 2.43. The molecule has 0 bridgehead atoms. The van der Waals surface area contributed by atoms with Crippen molar-refractivity contribution in [2.24, 2.45) is 0 Å². The molecule has 0 spiro atoms. The fraction of sp³-hybridized carbons (Fsp3) is 0.278. The van der Waals surface area contributed by atoms with E-state index >= 15 is 0 Å². The summed E-state index contributed by atoms with van der Waals surface area (Å²) in [6.45, 7) is -0.192. The van der Waals surface area contributed by atoms with Gasteiger partial charge >= 0.3 is 12.2 Å². The number of anilines is 2. The summed E-state index contributed by atoms with van der Waals surface area (Å²) in [5.74, 6) is -1.62. The van der Waals surface area contributed by atoms with Crippen molar-refractivity contribution in [1.29, 1.82) is 0 Å². The van der Waals surface area contributed by atoms with E-state index in [1.807, 2.05) is 5.32 Å². The lowest BCUT2D eigenvalue weighted by atomic mass is 10.1. The highest BCUT2D eigenvalue weighted by Gasteiger charge is 2.34. The Morgan fingerprint density at radius 1 is 1.17 bits per heavy atom. The van der Waals surface area contributed by atoms with Gasteiger partial charge in [0.05, 0.1) is 25.0 Å². The molecule has 0 unspecified atom stereocenters. The molecule has 4 N–H and O–H groups in total. The van der Waals surface area contributed by atoms with E-state index in [9.17, 15) is 27.6 Å². The molecule has 1 aromatic carbocycles. The summed E-state index contributed by atoms with van der Waals surface area (Å²) in [6.07, 6.45) is -3.51. The van der Waals surface area contributed by atoms with Crippen LogP contribution in [0, 0.1) is 0 Å². The van der Waals surface area contributed by atoms with E-state index in [0.29, 0.717) is 0 Å². The fourth-order valence-electron chi connectivity index (χ4n) is 2.27. The molecular formula is C18H19F3N4O5. The van der Waals surface area contributed by atoms with Crippen LogP contribution in [0.3, 0.4) is 0 Å². The monoisotopic (exact) mass is 428 g/mol. The molecule has 0 fully saturated rings. The first-order valence-electron chi connectivity index (χ1n) is 8.57. The number of hydrogen-bond acceptors (Lipinski definition) is 6. The number of urea groups is 1. The molecule has 12 heteroatoms.